The maximum atomic E-state index is 13.0. The molecule has 7 heteroatoms. The fourth-order valence-electron chi connectivity index (χ4n) is 3.42. The SMILES string of the molecule is COc1ccc2nc(C(=O)N3CCN(c4ccccn4)CC3)cc(OC)c2c1. The topological polar surface area (TPSA) is 67.8 Å². The standard InChI is InChI=1S/C21H22N4O3/c1-27-15-6-7-17-16(13-15)19(28-2)14-18(23-17)21(26)25-11-9-24(10-12-25)20-5-3-4-8-22-20/h3-8,13-14H,9-12H2,1-2H3. The van der Waals surface area contributed by atoms with E-state index < -0.39 is 0 Å². The summed E-state index contributed by atoms with van der Waals surface area (Å²) < 4.78 is 10.8. The van der Waals surface area contributed by atoms with E-state index in [2.05, 4.69) is 14.9 Å². The van der Waals surface area contributed by atoms with E-state index in [1.54, 1.807) is 26.5 Å². The molecule has 3 aromatic rings. The molecule has 0 saturated carbocycles. The number of benzene rings is 1. The van der Waals surface area contributed by atoms with Gasteiger partial charge in [0.25, 0.3) is 5.91 Å². The molecule has 1 aromatic carbocycles. The van der Waals surface area contributed by atoms with Crippen LogP contribution in [0, 0.1) is 0 Å². The van der Waals surface area contributed by atoms with Crippen molar-refractivity contribution in [3.05, 3.63) is 54.4 Å². The lowest BCUT2D eigenvalue weighted by Gasteiger charge is -2.35. The van der Waals surface area contributed by atoms with E-state index in [1.807, 2.05) is 41.3 Å². The van der Waals surface area contributed by atoms with Crippen molar-refractivity contribution in [3.8, 4) is 11.5 Å². The number of pyridine rings is 2. The van der Waals surface area contributed by atoms with Crippen molar-refractivity contribution in [1.29, 1.82) is 0 Å². The number of amides is 1. The molecule has 0 unspecified atom stereocenters. The molecule has 0 bridgehead atoms. The van der Waals surface area contributed by atoms with Crippen LogP contribution < -0.4 is 14.4 Å². The van der Waals surface area contributed by atoms with Crippen molar-refractivity contribution >= 4 is 22.6 Å². The number of ether oxygens (including phenoxy) is 2. The molecule has 1 aliphatic rings. The van der Waals surface area contributed by atoms with Crippen LogP contribution in [0.5, 0.6) is 11.5 Å². The van der Waals surface area contributed by atoms with Crippen molar-refractivity contribution in [2.45, 2.75) is 0 Å². The number of methoxy groups -OCH3 is 2. The number of fused-ring (bicyclic) bond motifs is 1. The molecule has 144 valence electrons. The van der Waals surface area contributed by atoms with E-state index >= 15 is 0 Å². The Morgan fingerprint density at radius 2 is 1.82 bits per heavy atom. The number of rotatable bonds is 4. The van der Waals surface area contributed by atoms with Crippen LogP contribution in [0.1, 0.15) is 10.5 Å². The molecular formula is C21H22N4O3. The van der Waals surface area contributed by atoms with Crippen LogP contribution in [0.25, 0.3) is 10.9 Å². The summed E-state index contributed by atoms with van der Waals surface area (Å²) in [7, 11) is 3.21. The first-order valence-electron chi connectivity index (χ1n) is 9.17. The zero-order chi connectivity index (χ0) is 19.5. The minimum Gasteiger partial charge on any atom is -0.497 e. The highest BCUT2D eigenvalue weighted by Crippen LogP contribution is 2.29. The van der Waals surface area contributed by atoms with Gasteiger partial charge in [-0.15, -0.1) is 0 Å². The molecule has 7 nitrogen and oxygen atoms in total. The first-order chi connectivity index (χ1) is 13.7. The Hall–Kier alpha value is -3.35. The fraction of sp³-hybridized carbons (Fsp3) is 0.286. The predicted molar refractivity (Wildman–Crippen MR) is 107 cm³/mol. The summed E-state index contributed by atoms with van der Waals surface area (Å²) in [6, 6.07) is 13.1. The molecular weight excluding hydrogens is 356 g/mol. The third-order valence-corrected chi connectivity index (χ3v) is 4.96. The zero-order valence-electron chi connectivity index (χ0n) is 16.0. The van der Waals surface area contributed by atoms with Gasteiger partial charge >= 0.3 is 0 Å². The van der Waals surface area contributed by atoms with Crippen LogP contribution in [-0.2, 0) is 0 Å². The van der Waals surface area contributed by atoms with Crippen LogP contribution >= 0.6 is 0 Å². The number of aromatic nitrogens is 2. The van der Waals surface area contributed by atoms with Crippen LogP contribution in [0.2, 0.25) is 0 Å². The molecule has 1 amide bonds. The quantitative estimate of drug-likeness (QED) is 0.695. The number of piperazine rings is 1. The molecule has 0 spiro atoms. The lowest BCUT2D eigenvalue weighted by molar-refractivity contribution is 0.0740. The first-order valence-corrected chi connectivity index (χ1v) is 9.17. The molecule has 4 rings (SSSR count). The highest BCUT2D eigenvalue weighted by molar-refractivity contribution is 5.97. The summed E-state index contributed by atoms with van der Waals surface area (Å²) in [6.45, 7) is 2.73. The summed E-state index contributed by atoms with van der Waals surface area (Å²) >= 11 is 0. The van der Waals surface area contributed by atoms with E-state index in [0.29, 0.717) is 30.0 Å². The minimum atomic E-state index is -0.0864. The van der Waals surface area contributed by atoms with E-state index in [1.165, 1.54) is 0 Å². The third-order valence-electron chi connectivity index (χ3n) is 4.96. The Morgan fingerprint density at radius 1 is 1.00 bits per heavy atom. The Morgan fingerprint density at radius 3 is 2.50 bits per heavy atom. The van der Waals surface area contributed by atoms with Crippen molar-refractivity contribution < 1.29 is 14.3 Å². The average Bonchev–Trinajstić information content (AvgIpc) is 2.78. The Labute approximate surface area is 163 Å². The smallest absolute Gasteiger partial charge is 0.272 e. The van der Waals surface area contributed by atoms with Gasteiger partial charge in [-0.25, -0.2) is 9.97 Å². The lowest BCUT2D eigenvalue weighted by Crippen LogP contribution is -2.49. The minimum absolute atomic E-state index is 0.0864. The van der Waals surface area contributed by atoms with Gasteiger partial charge in [-0.1, -0.05) is 6.07 Å². The molecule has 0 radical (unpaired) electrons. The summed E-state index contributed by atoms with van der Waals surface area (Å²) in [5, 5.41) is 0.818. The maximum absolute atomic E-state index is 13.0. The van der Waals surface area contributed by atoms with Crippen molar-refractivity contribution in [3.63, 3.8) is 0 Å². The van der Waals surface area contributed by atoms with Gasteiger partial charge in [-0.2, -0.15) is 0 Å². The average molecular weight is 378 g/mol. The third kappa shape index (κ3) is 3.43. The second-order valence-corrected chi connectivity index (χ2v) is 6.56. The lowest BCUT2D eigenvalue weighted by atomic mass is 10.1. The summed E-state index contributed by atoms with van der Waals surface area (Å²) in [6.07, 6.45) is 1.78. The van der Waals surface area contributed by atoms with Gasteiger partial charge in [-0.05, 0) is 30.3 Å². The normalized spacial score (nSPS) is 14.2. The first kappa shape index (κ1) is 18.0. The largest absolute Gasteiger partial charge is 0.497 e. The van der Waals surface area contributed by atoms with Crippen molar-refractivity contribution in [2.75, 3.05) is 45.3 Å². The summed E-state index contributed by atoms with van der Waals surface area (Å²) in [5.41, 5.74) is 1.09. The number of hydrogen-bond acceptors (Lipinski definition) is 6. The monoisotopic (exact) mass is 378 g/mol. The van der Waals surface area contributed by atoms with Gasteiger partial charge in [0.1, 0.15) is 23.0 Å². The molecule has 28 heavy (non-hydrogen) atoms. The highest BCUT2D eigenvalue weighted by Gasteiger charge is 2.24. The van der Waals surface area contributed by atoms with Gasteiger partial charge in [0.05, 0.1) is 19.7 Å². The van der Waals surface area contributed by atoms with E-state index in [9.17, 15) is 4.79 Å². The van der Waals surface area contributed by atoms with E-state index in [0.717, 1.165) is 30.0 Å². The maximum Gasteiger partial charge on any atom is 0.272 e. The molecule has 0 aliphatic carbocycles. The predicted octanol–water partition coefficient (Wildman–Crippen LogP) is 2.61. The number of anilines is 1. The Bertz CT molecular complexity index is 986. The highest BCUT2D eigenvalue weighted by atomic mass is 16.5. The number of carbonyl (C=O) groups excluding carboxylic acids is 1. The molecule has 1 fully saturated rings. The van der Waals surface area contributed by atoms with Crippen LogP contribution in [0.3, 0.4) is 0 Å². The Balaban J connectivity index is 1.54. The molecule has 2 aromatic heterocycles. The molecule has 0 atom stereocenters. The van der Waals surface area contributed by atoms with Crippen LogP contribution in [-0.4, -0.2) is 61.2 Å². The van der Waals surface area contributed by atoms with Gasteiger partial charge < -0.3 is 19.3 Å². The summed E-state index contributed by atoms with van der Waals surface area (Å²) in [5.74, 6) is 2.18. The number of nitrogens with zero attached hydrogens (tertiary/aromatic N) is 4. The van der Waals surface area contributed by atoms with Crippen molar-refractivity contribution in [2.24, 2.45) is 0 Å². The van der Waals surface area contributed by atoms with E-state index in [-0.39, 0.29) is 5.91 Å². The zero-order valence-corrected chi connectivity index (χ0v) is 16.0. The van der Waals surface area contributed by atoms with E-state index in [4.69, 9.17) is 9.47 Å². The number of hydrogen-bond donors (Lipinski definition) is 0. The second-order valence-electron chi connectivity index (χ2n) is 6.56. The Kier molecular flexibility index (Phi) is 4.97. The van der Waals surface area contributed by atoms with Gasteiger partial charge in [0, 0.05) is 43.8 Å². The molecule has 3 heterocycles. The van der Waals surface area contributed by atoms with Crippen LogP contribution in [0.4, 0.5) is 5.82 Å². The van der Waals surface area contributed by atoms with Gasteiger partial charge in [0.15, 0.2) is 0 Å². The van der Waals surface area contributed by atoms with Crippen molar-refractivity contribution in [1.82, 2.24) is 14.9 Å². The second kappa shape index (κ2) is 7.72. The fourth-order valence-corrected chi connectivity index (χ4v) is 3.42. The molecule has 1 aliphatic heterocycles. The van der Waals surface area contributed by atoms with Gasteiger partial charge in [0.2, 0.25) is 0 Å². The number of carbonyl (C=O) groups is 1. The van der Waals surface area contributed by atoms with Crippen LogP contribution in [0.15, 0.2) is 48.7 Å². The molecule has 0 N–H and O–H groups in total. The van der Waals surface area contributed by atoms with Gasteiger partial charge in [-0.3, -0.25) is 4.79 Å². The molecule has 1 saturated heterocycles. The summed E-state index contributed by atoms with van der Waals surface area (Å²) in [4.78, 5) is 26.0.